The minimum Gasteiger partial charge on any atom is -0.414 e. The lowest BCUT2D eigenvalue weighted by Gasteiger charge is -2.37. The fourth-order valence-corrected chi connectivity index (χ4v) is 4.00. The topological polar surface area (TPSA) is 73.3 Å². The normalized spacial score (nSPS) is 25.7. The van der Waals surface area contributed by atoms with Crippen molar-refractivity contribution < 1.29 is 9.16 Å². The minimum atomic E-state index is -1.82. The molecule has 0 unspecified atom stereocenters. The molecule has 1 N–H and O–H groups in total. The molecule has 2 heterocycles. The number of ether oxygens (including phenoxy) is 1. The number of hydrogen-bond donors (Lipinski definition) is 1. The van der Waals surface area contributed by atoms with Gasteiger partial charge in [-0.2, -0.15) is 0 Å². The van der Waals surface area contributed by atoms with Crippen molar-refractivity contribution in [2.24, 2.45) is 0 Å². The zero-order valence-corrected chi connectivity index (χ0v) is 17.4. The van der Waals surface area contributed by atoms with E-state index in [9.17, 15) is 9.59 Å². The monoisotopic (exact) mass is 452 g/mol. The first-order valence-electron chi connectivity index (χ1n) is 7.76. The van der Waals surface area contributed by atoms with Crippen LogP contribution < -0.4 is 11.2 Å². The Hall–Kier alpha value is -0.453. The maximum absolute atomic E-state index is 11.9. The van der Waals surface area contributed by atoms with Gasteiger partial charge in [-0.3, -0.25) is 14.3 Å². The highest BCUT2D eigenvalue weighted by Gasteiger charge is 2.40. The van der Waals surface area contributed by atoms with Crippen LogP contribution in [0.25, 0.3) is 0 Å². The van der Waals surface area contributed by atoms with Crippen LogP contribution in [-0.4, -0.2) is 34.5 Å². The summed E-state index contributed by atoms with van der Waals surface area (Å²) in [5.41, 5.74) is -0.829. The van der Waals surface area contributed by atoms with Crippen molar-refractivity contribution in [3.05, 3.63) is 33.1 Å². The number of H-pyrrole nitrogens is 1. The van der Waals surface area contributed by atoms with Crippen molar-refractivity contribution in [2.45, 2.75) is 61.6 Å². The summed E-state index contributed by atoms with van der Waals surface area (Å²) < 4.78 is 14.0. The number of nitrogens with one attached hydrogen (secondary N) is 1. The molecule has 23 heavy (non-hydrogen) atoms. The molecule has 0 bridgehead atoms. The van der Waals surface area contributed by atoms with Gasteiger partial charge in [0, 0.05) is 22.6 Å². The molecular formula is C15H25IN2O4Si. The van der Waals surface area contributed by atoms with Gasteiger partial charge in [0.05, 0.1) is 12.7 Å². The predicted octanol–water partition coefficient (Wildman–Crippen LogP) is 2.65. The van der Waals surface area contributed by atoms with Gasteiger partial charge in [-0.05, 0) is 18.1 Å². The Labute approximate surface area is 150 Å². The highest BCUT2D eigenvalue weighted by molar-refractivity contribution is 14.1. The van der Waals surface area contributed by atoms with Crippen LogP contribution in [0.1, 0.15) is 33.4 Å². The van der Waals surface area contributed by atoms with E-state index in [0.29, 0.717) is 6.61 Å². The zero-order chi connectivity index (χ0) is 17.4. The minimum absolute atomic E-state index is 0.0476. The predicted molar refractivity (Wildman–Crippen MR) is 101 cm³/mol. The van der Waals surface area contributed by atoms with Crippen LogP contribution in [0.5, 0.6) is 0 Å². The van der Waals surface area contributed by atoms with Gasteiger partial charge in [0.25, 0.3) is 5.56 Å². The van der Waals surface area contributed by atoms with Gasteiger partial charge >= 0.3 is 5.69 Å². The SMILES string of the molecule is CC(C)(C)[Si](C)(C)OC[C@H]1O[C@@H](n2ccc(=O)[nH]c2=O)C[C@@H]1I. The average molecular weight is 452 g/mol. The first-order chi connectivity index (χ1) is 10.5. The third-order valence-corrected chi connectivity index (χ3v) is 10.5. The van der Waals surface area contributed by atoms with E-state index in [1.165, 1.54) is 16.8 Å². The summed E-state index contributed by atoms with van der Waals surface area (Å²) in [5, 5.41) is 0.154. The number of aromatic nitrogens is 2. The Morgan fingerprint density at radius 3 is 2.65 bits per heavy atom. The summed E-state index contributed by atoms with van der Waals surface area (Å²) in [4.78, 5) is 25.3. The molecule has 3 atom stereocenters. The highest BCUT2D eigenvalue weighted by atomic mass is 127. The van der Waals surface area contributed by atoms with Gasteiger partial charge in [-0.25, -0.2) is 4.79 Å². The number of rotatable bonds is 4. The smallest absolute Gasteiger partial charge is 0.330 e. The molecule has 0 amide bonds. The quantitative estimate of drug-likeness (QED) is 0.433. The summed E-state index contributed by atoms with van der Waals surface area (Å²) in [5.74, 6) is 0. The Morgan fingerprint density at radius 1 is 1.43 bits per heavy atom. The lowest BCUT2D eigenvalue weighted by Crippen LogP contribution is -2.43. The van der Waals surface area contributed by atoms with Gasteiger partial charge in [0.15, 0.2) is 8.32 Å². The largest absolute Gasteiger partial charge is 0.414 e. The van der Waals surface area contributed by atoms with Crippen molar-refractivity contribution >= 4 is 30.9 Å². The molecule has 8 heteroatoms. The Kier molecular flexibility index (Phi) is 5.59. The Bertz CT molecular complexity index is 664. The summed E-state index contributed by atoms with van der Waals surface area (Å²) in [7, 11) is -1.82. The van der Waals surface area contributed by atoms with E-state index in [4.69, 9.17) is 9.16 Å². The van der Waals surface area contributed by atoms with Crippen LogP contribution in [0.15, 0.2) is 21.9 Å². The second-order valence-corrected chi connectivity index (χ2v) is 13.9. The van der Waals surface area contributed by atoms with Crippen molar-refractivity contribution in [2.75, 3.05) is 6.61 Å². The molecule has 0 spiro atoms. The Balaban J connectivity index is 2.04. The van der Waals surface area contributed by atoms with E-state index >= 15 is 0 Å². The maximum atomic E-state index is 11.9. The molecule has 1 aromatic heterocycles. The van der Waals surface area contributed by atoms with Crippen molar-refractivity contribution in [3.8, 4) is 0 Å². The van der Waals surface area contributed by atoms with E-state index in [1.54, 1.807) is 0 Å². The molecule has 0 saturated carbocycles. The number of aromatic amines is 1. The van der Waals surface area contributed by atoms with Gasteiger partial charge in [-0.15, -0.1) is 0 Å². The first kappa shape index (κ1) is 18.9. The summed E-state index contributed by atoms with van der Waals surface area (Å²) in [6.07, 6.45) is 1.81. The molecule has 1 aliphatic rings. The van der Waals surface area contributed by atoms with Crippen LogP contribution >= 0.6 is 22.6 Å². The second-order valence-electron chi connectivity index (χ2n) is 7.47. The van der Waals surface area contributed by atoms with Crippen LogP contribution in [0.3, 0.4) is 0 Å². The summed E-state index contributed by atoms with van der Waals surface area (Å²) in [6.45, 7) is 11.6. The number of nitrogens with zero attached hydrogens (tertiary/aromatic N) is 1. The lowest BCUT2D eigenvalue weighted by molar-refractivity contribution is -0.0207. The van der Waals surface area contributed by atoms with Crippen molar-refractivity contribution in [3.63, 3.8) is 0 Å². The van der Waals surface area contributed by atoms with E-state index in [1.807, 2.05) is 0 Å². The van der Waals surface area contributed by atoms with E-state index < -0.39 is 19.6 Å². The number of hydrogen-bond acceptors (Lipinski definition) is 4. The number of halogens is 1. The average Bonchev–Trinajstić information content (AvgIpc) is 2.76. The van der Waals surface area contributed by atoms with Gasteiger partial charge in [0.1, 0.15) is 6.23 Å². The molecule has 0 aromatic carbocycles. The van der Waals surface area contributed by atoms with E-state index in [-0.39, 0.29) is 21.3 Å². The molecule has 6 nitrogen and oxygen atoms in total. The standard InChI is InChI=1S/C15H25IN2O4Si/c1-15(2,3)23(4,5)21-9-11-10(16)8-13(22-11)18-7-6-12(19)17-14(18)20/h6-7,10-11,13H,8-9H2,1-5H3,(H,17,19,20)/t10-,11+,13+/m0/s1. The van der Waals surface area contributed by atoms with Gasteiger partial charge in [-0.1, -0.05) is 43.4 Å². The third kappa shape index (κ3) is 4.34. The second kappa shape index (κ2) is 6.81. The third-order valence-electron chi connectivity index (χ3n) is 4.74. The lowest BCUT2D eigenvalue weighted by atomic mass is 10.2. The zero-order valence-electron chi connectivity index (χ0n) is 14.3. The van der Waals surface area contributed by atoms with Gasteiger partial charge < -0.3 is 9.16 Å². The molecule has 130 valence electrons. The van der Waals surface area contributed by atoms with Crippen LogP contribution in [0.2, 0.25) is 18.1 Å². The molecule has 1 aliphatic heterocycles. The molecule has 2 rings (SSSR count). The van der Waals surface area contributed by atoms with Crippen LogP contribution in [0, 0.1) is 0 Å². The maximum Gasteiger partial charge on any atom is 0.330 e. The first-order valence-corrected chi connectivity index (χ1v) is 11.9. The van der Waals surface area contributed by atoms with Gasteiger partial charge in [0.2, 0.25) is 0 Å². The summed E-state index contributed by atoms with van der Waals surface area (Å²) >= 11 is 2.35. The molecule has 0 radical (unpaired) electrons. The summed E-state index contributed by atoms with van der Waals surface area (Å²) in [6, 6.07) is 1.34. The molecular weight excluding hydrogens is 427 g/mol. The molecule has 0 aliphatic carbocycles. The van der Waals surface area contributed by atoms with E-state index in [2.05, 4.69) is 61.4 Å². The van der Waals surface area contributed by atoms with Crippen molar-refractivity contribution in [1.82, 2.24) is 9.55 Å². The van der Waals surface area contributed by atoms with Crippen molar-refractivity contribution in [1.29, 1.82) is 0 Å². The van der Waals surface area contributed by atoms with Crippen LogP contribution in [-0.2, 0) is 9.16 Å². The molecule has 1 fully saturated rings. The fraction of sp³-hybridized carbons (Fsp3) is 0.733. The molecule has 1 aromatic rings. The number of alkyl halides is 1. The Morgan fingerprint density at radius 2 is 2.09 bits per heavy atom. The molecule has 1 saturated heterocycles. The fourth-order valence-electron chi connectivity index (χ4n) is 2.17. The highest BCUT2D eigenvalue weighted by Crippen LogP contribution is 2.38. The van der Waals surface area contributed by atoms with Crippen LogP contribution in [0.4, 0.5) is 0 Å². The van der Waals surface area contributed by atoms with E-state index in [0.717, 1.165) is 6.42 Å².